The van der Waals surface area contributed by atoms with Crippen molar-refractivity contribution >= 4 is 27.4 Å². The number of Topliss-reactive ketones (excluding diaryl/α,β-unsaturated/α-hetero) is 1. The van der Waals surface area contributed by atoms with Gasteiger partial charge in [-0.05, 0) is 6.07 Å². The fourth-order valence-corrected chi connectivity index (χ4v) is 1.67. The van der Waals surface area contributed by atoms with Gasteiger partial charge in [0, 0.05) is 11.6 Å². The van der Waals surface area contributed by atoms with E-state index in [2.05, 4.69) is 15.9 Å². The van der Waals surface area contributed by atoms with Crippen LogP contribution in [0.4, 0.5) is 18.9 Å². The highest BCUT2D eigenvalue weighted by atomic mass is 79.9. The molecule has 0 aromatic heterocycles. The number of carbonyl (C=O) groups excluding carboxylic acids is 1. The minimum atomic E-state index is -4.88. The van der Waals surface area contributed by atoms with Gasteiger partial charge in [-0.1, -0.05) is 15.9 Å². The van der Waals surface area contributed by atoms with E-state index in [0.29, 0.717) is 12.1 Å². The van der Waals surface area contributed by atoms with Crippen LogP contribution in [-0.2, 0) is 6.18 Å². The summed E-state index contributed by atoms with van der Waals surface area (Å²) in [5, 5.41) is 18.9. The van der Waals surface area contributed by atoms with Gasteiger partial charge in [0.15, 0.2) is 5.78 Å². The summed E-state index contributed by atoms with van der Waals surface area (Å²) < 4.78 is 38.2. The third-order valence-electron chi connectivity index (χ3n) is 2.18. The Morgan fingerprint density at radius 3 is 2.42 bits per heavy atom. The van der Waals surface area contributed by atoms with Gasteiger partial charge in [-0.25, -0.2) is 0 Å². The van der Waals surface area contributed by atoms with Crippen LogP contribution in [0.25, 0.3) is 0 Å². The Morgan fingerprint density at radius 2 is 2.05 bits per heavy atom. The van der Waals surface area contributed by atoms with E-state index < -0.39 is 44.6 Å². The number of nitriles is 1. The highest BCUT2D eigenvalue weighted by Crippen LogP contribution is 2.36. The SMILES string of the molecule is N#Cc1cc(C(F)(F)F)c(C(=O)CBr)cc1[N+](=O)[O-]. The molecule has 0 spiro atoms. The minimum Gasteiger partial charge on any atom is -0.293 e. The molecular formula is C10H4BrF3N2O3. The van der Waals surface area contributed by atoms with Crippen molar-refractivity contribution in [2.24, 2.45) is 0 Å². The molecule has 0 bridgehead atoms. The Labute approximate surface area is 112 Å². The molecule has 100 valence electrons. The minimum absolute atomic E-state index is 0.314. The van der Waals surface area contributed by atoms with Crippen LogP contribution < -0.4 is 0 Å². The second kappa shape index (κ2) is 5.36. The van der Waals surface area contributed by atoms with Crippen molar-refractivity contribution in [2.45, 2.75) is 6.18 Å². The number of ketones is 1. The van der Waals surface area contributed by atoms with Crippen molar-refractivity contribution < 1.29 is 22.9 Å². The van der Waals surface area contributed by atoms with Crippen molar-refractivity contribution in [1.82, 2.24) is 0 Å². The second-order valence-corrected chi connectivity index (χ2v) is 3.90. The van der Waals surface area contributed by atoms with E-state index >= 15 is 0 Å². The number of nitro groups is 1. The van der Waals surface area contributed by atoms with E-state index in [1.807, 2.05) is 0 Å². The molecule has 0 atom stereocenters. The molecule has 0 radical (unpaired) electrons. The lowest BCUT2D eigenvalue weighted by molar-refractivity contribution is -0.385. The van der Waals surface area contributed by atoms with Gasteiger partial charge in [-0.3, -0.25) is 14.9 Å². The summed E-state index contributed by atoms with van der Waals surface area (Å²) in [6, 6.07) is 2.10. The summed E-state index contributed by atoms with van der Waals surface area (Å²) in [4.78, 5) is 21.0. The van der Waals surface area contributed by atoms with Gasteiger partial charge in [-0.15, -0.1) is 0 Å². The van der Waals surface area contributed by atoms with Gasteiger partial charge in [0.05, 0.1) is 15.8 Å². The van der Waals surface area contributed by atoms with Gasteiger partial charge in [0.25, 0.3) is 5.69 Å². The van der Waals surface area contributed by atoms with Crippen molar-refractivity contribution in [2.75, 3.05) is 5.33 Å². The van der Waals surface area contributed by atoms with Crippen LogP contribution in [0.1, 0.15) is 21.5 Å². The van der Waals surface area contributed by atoms with Crippen LogP contribution >= 0.6 is 15.9 Å². The van der Waals surface area contributed by atoms with Crippen LogP contribution in [-0.4, -0.2) is 16.0 Å². The number of nitrogens with zero attached hydrogens (tertiary/aromatic N) is 2. The third-order valence-corrected chi connectivity index (χ3v) is 2.69. The predicted octanol–water partition coefficient (Wildman–Crippen LogP) is 3.06. The van der Waals surface area contributed by atoms with Crippen molar-refractivity contribution in [3.63, 3.8) is 0 Å². The lowest BCUT2D eigenvalue weighted by Gasteiger charge is -2.11. The number of halogens is 4. The molecule has 0 amide bonds. The van der Waals surface area contributed by atoms with E-state index in [-0.39, 0.29) is 0 Å². The molecule has 1 rings (SSSR count). The zero-order valence-electron chi connectivity index (χ0n) is 8.99. The molecule has 1 aromatic carbocycles. The molecule has 0 saturated carbocycles. The Kier molecular flexibility index (Phi) is 4.26. The Balaban J connectivity index is 3.69. The average Bonchev–Trinajstić information content (AvgIpc) is 2.34. The largest absolute Gasteiger partial charge is 0.417 e. The molecular weight excluding hydrogens is 333 g/mol. The maximum absolute atomic E-state index is 12.7. The quantitative estimate of drug-likeness (QED) is 0.367. The molecule has 0 aliphatic carbocycles. The molecule has 0 saturated heterocycles. The first-order valence-corrected chi connectivity index (χ1v) is 5.73. The Hall–Kier alpha value is -1.95. The number of hydrogen-bond acceptors (Lipinski definition) is 4. The van der Waals surface area contributed by atoms with E-state index in [1.165, 1.54) is 6.07 Å². The normalized spacial score (nSPS) is 10.9. The monoisotopic (exact) mass is 336 g/mol. The van der Waals surface area contributed by atoms with Crippen molar-refractivity contribution in [3.8, 4) is 6.07 Å². The lowest BCUT2D eigenvalue weighted by atomic mass is 9.99. The number of benzene rings is 1. The van der Waals surface area contributed by atoms with Crippen molar-refractivity contribution in [1.29, 1.82) is 5.26 Å². The van der Waals surface area contributed by atoms with Crippen LogP contribution in [0.5, 0.6) is 0 Å². The van der Waals surface area contributed by atoms with Crippen LogP contribution in [0, 0.1) is 21.4 Å². The first-order valence-electron chi connectivity index (χ1n) is 4.61. The molecule has 19 heavy (non-hydrogen) atoms. The van der Waals surface area contributed by atoms with E-state index in [4.69, 9.17) is 5.26 Å². The number of rotatable bonds is 3. The molecule has 5 nitrogen and oxygen atoms in total. The smallest absolute Gasteiger partial charge is 0.293 e. The fourth-order valence-electron chi connectivity index (χ4n) is 1.37. The summed E-state index contributed by atoms with van der Waals surface area (Å²) in [5.74, 6) is -0.958. The maximum Gasteiger partial charge on any atom is 0.417 e. The van der Waals surface area contributed by atoms with Gasteiger partial charge >= 0.3 is 6.18 Å². The van der Waals surface area contributed by atoms with Gasteiger partial charge < -0.3 is 0 Å². The van der Waals surface area contributed by atoms with E-state index in [0.717, 1.165) is 0 Å². The number of hydrogen-bond donors (Lipinski definition) is 0. The first-order chi connectivity index (χ1) is 8.72. The highest BCUT2D eigenvalue weighted by molar-refractivity contribution is 9.09. The van der Waals surface area contributed by atoms with Gasteiger partial charge in [0.1, 0.15) is 11.6 Å². The maximum atomic E-state index is 12.7. The summed E-state index contributed by atoms with van der Waals surface area (Å²) >= 11 is 2.70. The number of carbonyl (C=O) groups is 1. The van der Waals surface area contributed by atoms with Crippen LogP contribution in [0.15, 0.2) is 12.1 Å². The summed E-state index contributed by atoms with van der Waals surface area (Å²) in [6.45, 7) is 0. The molecule has 9 heteroatoms. The lowest BCUT2D eigenvalue weighted by Crippen LogP contribution is -2.15. The summed E-state index contributed by atoms with van der Waals surface area (Å²) in [6.07, 6.45) is -4.88. The molecule has 0 fully saturated rings. The Morgan fingerprint density at radius 1 is 1.47 bits per heavy atom. The molecule has 0 aliphatic rings. The van der Waals surface area contributed by atoms with Crippen molar-refractivity contribution in [3.05, 3.63) is 38.9 Å². The fraction of sp³-hybridized carbons (Fsp3) is 0.200. The zero-order chi connectivity index (χ0) is 14.8. The molecule has 0 heterocycles. The van der Waals surface area contributed by atoms with Crippen LogP contribution in [0.3, 0.4) is 0 Å². The summed E-state index contributed by atoms with van der Waals surface area (Å²) in [5.41, 5.74) is -3.78. The molecule has 1 aromatic rings. The summed E-state index contributed by atoms with van der Waals surface area (Å²) in [7, 11) is 0. The van der Waals surface area contributed by atoms with E-state index in [1.54, 1.807) is 0 Å². The predicted molar refractivity (Wildman–Crippen MR) is 60.9 cm³/mol. The average molecular weight is 337 g/mol. The molecule has 0 unspecified atom stereocenters. The zero-order valence-corrected chi connectivity index (χ0v) is 10.6. The topological polar surface area (TPSA) is 84.0 Å². The van der Waals surface area contributed by atoms with E-state index in [9.17, 15) is 28.1 Å². The second-order valence-electron chi connectivity index (χ2n) is 3.34. The number of alkyl halides is 4. The van der Waals surface area contributed by atoms with Gasteiger partial charge in [-0.2, -0.15) is 18.4 Å². The Bertz CT molecular complexity index is 593. The standard InChI is InChI=1S/C10H4BrF3N2O3/c11-3-9(17)6-2-8(16(18)19)5(4-15)1-7(6)10(12,13)14/h1-2H,3H2. The third kappa shape index (κ3) is 3.08. The molecule has 0 N–H and O–H groups in total. The van der Waals surface area contributed by atoms with Crippen LogP contribution in [0.2, 0.25) is 0 Å². The number of nitro benzene ring substituents is 1. The highest BCUT2D eigenvalue weighted by Gasteiger charge is 2.37. The first kappa shape index (κ1) is 15.1. The molecule has 0 aliphatic heterocycles. The van der Waals surface area contributed by atoms with Gasteiger partial charge in [0.2, 0.25) is 0 Å².